The molecular weight excluding hydrogens is 432 g/mol. The Morgan fingerprint density at radius 3 is 2.50 bits per heavy atom. The second-order valence-electron chi connectivity index (χ2n) is 9.08. The predicted octanol–water partition coefficient (Wildman–Crippen LogP) is 5.46. The molecule has 0 bridgehead atoms. The Hall–Kier alpha value is -3.76. The molecule has 0 radical (unpaired) electrons. The molecule has 2 heterocycles. The van der Waals surface area contributed by atoms with Crippen molar-refractivity contribution in [3.05, 3.63) is 83.4 Å². The number of piperidine rings is 1. The summed E-state index contributed by atoms with van der Waals surface area (Å²) in [5.41, 5.74) is 4.71. The van der Waals surface area contributed by atoms with E-state index in [0.29, 0.717) is 29.1 Å². The van der Waals surface area contributed by atoms with Crippen molar-refractivity contribution in [2.24, 2.45) is 0 Å². The molecule has 0 aliphatic carbocycles. The molecule has 5 nitrogen and oxygen atoms in total. The summed E-state index contributed by atoms with van der Waals surface area (Å²) in [4.78, 5) is 9.78. The summed E-state index contributed by atoms with van der Waals surface area (Å²) >= 11 is 0. The van der Waals surface area contributed by atoms with Gasteiger partial charge in [-0.3, -0.25) is 0 Å². The average molecular weight is 458 g/mol. The molecule has 1 aliphatic rings. The minimum atomic E-state index is -0.905. The SMILES string of the molecule is CN1CCC(CNc2nc3cc(F)c(F)cc3[nH]2)(c2ccc(-c3cccc(C#N)c3)cc2)CC1. The van der Waals surface area contributed by atoms with Gasteiger partial charge in [0.2, 0.25) is 5.95 Å². The van der Waals surface area contributed by atoms with Gasteiger partial charge >= 0.3 is 0 Å². The van der Waals surface area contributed by atoms with Crippen LogP contribution in [0.2, 0.25) is 0 Å². The minimum Gasteiger partial charge on any atom is -0.355 e. The Balaban J connectivity index is 1.41. The van der Waals surface area contributed by atoms with Gasteiger partial charge in [-0.1, -0.05) is 36.4 Å². The normalized spacial score (nSPS) is 15.8. The number of hydrogen-bond donors (Lipinski definition) is 2. The molecule has 4 aromatic rings. The number of halogens is 2. The lowest BCUT2D eigenvalue weighted by Crippen LogP contribution is -2.45. The first-order valence-electron chi connectivity index (χ1n) is 11.3. The molecule has 34 heavy (non-hydrogen) atoms. The molecule has 0 spiro atoms. The second kappa shape index (κ2) is 8.88. The Morgan fingerprint density at radius 1 is 1.03 bits per heavy atom. The van der Waals surface area contributed by atoms with E-state index in [0.717, 1.165) is 49.2 Å². The van der Waals surface area contributed by atoms with Crippen LogP contribution in [-0.2, 0) is 5.41 Å². The summed E-state index contributed by atoms with van der Waals surface area (Å²) in [5, 5.41) is 12.6. The highest BCUT2D eigenvalue weighted by molar-refractivity contribution is 5.77. The highest BCUT2D eigenvalue weighted by Crippen LogP contribution is 2.37. The van der Waals surface area contributed by atoms with E-state index in [1.54, 1.807) is 6.07 Å². The molecule has 0 amide bonds. The summed E-state index contributed by atoms with van der Waals surface area (Å²) in [6.07, 6.45) is 1.95. The molecule has 0 saturated carbocycles. The van der Waals surface area contributed by atoms with Gasteiger partial charge in [0.05, 0.1) is 22.7 Å². The largest absolute Gasteiger partial charge is 0.355 e. The Morgan fingerprint density at radius 2 is 1.76 bits per heavy atom. The van der Waals surface area contributed by atoms with Crippen molar-refractivity contribution in [2.75, 3.05) is 32.0 Å². The number of aromatic amines is 1. The van der Waals surface area contributed by atoms with Gasteiger partial charge in [-0.25, -0.2) is 13.8 Å². The lowest BCUT2D eigenvalue weighted by molar-refractivity contribution is 0.195. The molecule has 2 N–H and O–H groups in total. The first-order chi connectivity index (χ1) is 16.5. The average Bonchev–Trinajstić information content (AvgIpc) is 3.26. The quantitative estimate of drug-likeness (QED) is 0.418. The molecule has 0 atom stereocenters. The van der Waals surface area contributed by atoms with E-state index >= 15 is 0 Å². The number of nitrogens with zero attached hydrogens (tertiary/aromatic N) is 3. The van der Waals surface area contributed by atoms with E-state index in [2.05, 4.69) is 57.6 Å². The molecule has 7 heteroatoms. The maximum Gasteiger partial charge on any atom is 0.201 e. The van der Waals surface area contributed by atoms with Crippen LogP contribution in [0.15, 0.2) is 60.7 Å². The van der Waals surface area contributed by atoms with E-state index in [9.17, 15) is 14.0 Å². The van der Waals surface area contributed by atoms with Crippen LogP contribution >= 0.6 is 0 Å². The number of anilines is 1. The Labute approximate surface area is 197 Å². The fourth-order valence-corrected chi connectivity index (χ4v) is 4.74. The van der Waals surface area contributed by atoms with Gasteiger partial charge in [0, 0.05) is 24.1 Å². The topological polar surface area (TPSA) is 67.7 Å². The number of likely N-dealkylation sites (tertiary alicyclic amines) is 1. The van der Waals surface area contributed by atoms with E-state index in [1.807, 2.05) is 18.2 Å². The number of aromatic nitrogens is 2. The zero-order valence-electron chi connectivity index (χ0n) is 18.9. The number of H-pyrrole nitrogens is 1. The van der Waals surface area contributed by atoms with Crippen LogP contribution in [0, 0.1) is 23.0 Å². The van der Waals surface area contributed by atoms with Crippen molar-refractivity contribution in [1.29, 1.82) is 5.26 Å². The van der Waals surface area contributed by atoms with Crippen LogP contribution in [-0.4, -0.2) is 41.5 Å². The molecule has 5 rings (SSSR count). The molecule has 1 fully saturated rings. The monoisotopic (exact) mass is 457 g/mol. The highest BCUT2D eigenvalue weighted by Gasteiger charge is 2.35. The maximum atomic E-state index is 13.6. The van der Waals surface area contributed by atoms with Crippen molar-refractivity contribution < 1.29 is 8.78 Å². The van der Waals surface area contributed by atoms with E-state index < -0.39 is 11.6 Å². The summed E-state index contributed by atoms with van der Waals surface area (Å²) in [7, 11) is 2.13. The minimum absolute atomic E-state index is 0.102. The second-order valence-corrected chi connectivity index (χ2v) is 9.08. The van der Waals surface area contributed by atoms with Crippen molar-refractivity contribution in [2.45, 2.75) is 18.3 Å². The fraction of sp³-hybridized carbons (Fsp3) is 0.259. The van der Waals surface area contributed by atoms with Gasteiger partial charge in [0.15, 0.2) is 11.6 Å². The summed E-state index contributed by atoms with van der Waals surface area (Å²) in [6.45, 7) is 2.60. The lowest BCUT2D eigenvalue weighted by Gasteiger charge is -2.41. The van der Waals surface area contributed by atoms with Crippen LogP contribution in [0.5, 0.6) is 0 Å². The molecule has 1 saturated heterocycles. The van der Waals surface area contributed by atoms with Gasteiger partial charge in [0.25, 0.3) is 0 Å². The van der Waals surface area contributed by atoms with Crippen LogP contribution in [0.4, 0.5) is 14.7 Å². The standard InChI is InChI=1S/C27H25F2N5/c1-34-11-9-27(10-12-34,17-31-26-32-24-14-22(28)23(29)15-25(24)33-26)21-7-5-19(6-8-21)20-4-2-3-18(13-20)16-30/h2-8,13-15H,9-12,17H2,1H3,(H2,31,32,33). The third kappa shape index (κ3) is 4.25. The molecule has 1 aromatic heterocycles. The smallest absolute Gasteiger partial charge is 0.201 e. The molecule has 0 unspecified atom stereocenters. The number of fused-ring (bicyclic) bond motifs is 1. The van der Waals surface area contributed by atoms with Gasteiger partial charge in [-0.15, -0.1) is 0 Å². The summed E-state index contributed by atoms with van der Waals surface area (Å²) in [5.74, 6) is -1.30. The molecule has 3 aromatic carbocycles. The van der Waals surface area contributed by atoms with Gasteiger partial charge in [-0.2, -0.15) is 5.26 Å². The summed E-state index contributed by atoms with van der Waals surface area (Å²) in [6, 6.07) is 20.6. The predicted molar refractivity (Wildman–Crippen MR) is 130 cm³/mol. The van der Waals surface area contributed by atoms with E-state index in [-0.39, 0.29) is 5.41 Å². The number of benzene rings is 3. The number of rotatable bonds is 5. The van der Waals surface area contributed by atoms with Crippen LogP contribution in [0.1, 0.15) is 24.0 Å². The van der Waals surface area contributed by atoms with E-state index in [4.69, 9.17) is 0 Å². The third-order valence-electron chi connectivity index (χ3n) is 6.88. The summed E-state index contributed by atoms with van der Waals surface area (Å²) < 4.78 is 27.2. The molecule has 172 valence electrons. The van der Waals surface area contributed by atoms with Crippen LogP contribution in [0.3, 0.4) is 0 Å². The van der Waals surface area contributed by atoms with Gasteiger partial charge in [0.1, 0.15) is 0 Å². The van der Waals surface area contributed by atoms with Crippen LogP contribution < -0.4 is 5.32 Å². The first-order valence-corrected chi connectivity index (χ1v) is 11.3. The maximum absolute atomic E-state index is 13.6. The first kappa shape index (κ1) is 22.1. The van der Waals surface area contributed by atoms with Crippen molar-refractivity contribution >= 4 is 17.0 Å². The molecular formula is C27H25F2N5. The number of nitrogens with one attached hydrogen (secondary N) is 2. The lowest BCUT2D eigenvalue weighted by atomic mass is 9.72. The highest BCUT2D eigenvalue weighted by atomic mass is 19.2. The third-order valence-corrected chi connectivity index (χ3v) is 6.88. The van der Waals surface area contributed by atoms with E-state index in [1.165, 1.54) is 5.56 Å². The van der Waals surface area contributed by atoms with Crippen molar-refractivity contribution in [1.82, 2.24) is 14.9 Å². The van der Waals surface area contributed by atoms with Crippen molar-refractivity contribution in [3.8, 4) is 17.2 Å². The zero-order chi connectivity index (χ0) is 23.7. The van der Waals surface area contributed by atoms with Gasteiger partial charge < -0.3 is 15.2 Å². The molecule has 1 aliphatic heterocycles. The zero-order valence-corrected chi connectivity index (χ0v) is 18.9. The Bertz CT molecular complexity index is 1320. The number of hydrogen-bond acceptors (Lipinski definition) is 4. The number of imidazole rings is 1. The Kier molecular flexibility index (Phi) is 5.76. The van der Waals surface area contributed by atoms with Crippen molar-refractivity contribution in [3.63, 3.8) is 0 Å². The van der Waals surface area contributed by atoms with Gasteiger partial charge in [-0.05, 0) is 61.8 Å². The number of nitriles is 1. The fourth-order valence-electron chi connectivity index (χ4n) is 4.74. The van der Waals surface area contributed by atoms with Crippen LogP contribution in [0.25, 0.3) is 22.2 Å².